The molecule has 1 aliphatic rings. The molecule has 1 fully saturated rings. The zero-order valence-electron chi connectivity index (χ0n) is 13.4. The zero-order valence-corrected chi connectivity index (χ0v) is 13.4. The number of terminal acetylenes is 1. The van der Waals surface area contributed by atoms with E-state index in [0.717, 1.165) is 19.4 Å². The Morgan fingerprint density at radius 2 is 2.29 bits per heavy atom. The topological polar surface area (TPSA) is 120 Å². The summed E-state index contributed by atoms with van der Waals surface area (Å²) in [4.78, 5) is 31.5. The zero-order chi connectivity index (χ0) is 17.3. The van der Waals surface area contributed by atoms with Crippen molar-refractivity contribution in [3.8, 4) is 12.3 Å². The molecule has 9 nitrogen and oxygen atoms in total. The summed E-state index contributed by atoms with van der Waals surface area (Å²) in [7, 11) is 1.88. The normalized spacial score (nSPS) is 20.5. The smallest absolute Gasteiger partial charge is 0.333 e. The van der Waals surface area contributed by atoms with Crippen molar-refractivity contribution in [2.45, 2.75) is 38.1 Å². The van der Waals surface area contributed by atoms with Crippen LogP contribution in [-0.4, -0.2) is 38.8 Å². The van der Waals surface area contributed by atoms with Crippen molar-refractivity contribution in [2.75, 3.05) is 19.3 Å². The van der Waals surface area contributed by atoms with Gasteiger partial charge in [-0.2, -0.15) is 4.98 Å². The maximum absolute atomic E-state index is 12.8. The predicted molar refractivity (Wildman–Crippen MR) is 89.5 cm³/mol. The minimum Gasteiger partial charge on any atom is -0.369 e. The highest BCUT2D eigenvalue weighted by Gasteiger charge is 2.31. The summed E-state index contributed by atoms with van der Waals surface area (Å²) in [5.41, 5.74) is 5.06. The number of hydrogen-bond acceptors (Lipinski definition) is 6. The van der Waals surface area contributed by atoms with Gasteiger partial charge in [-0.25, -0.2) is 9.36 Å². The Balaban J connectivity index is 2.09. The molecule has 0 spiro atoms. The number of aromatic amines is 1. The van der Waals surface area contributed by atoms with Gasteiger partial charge in [0.05, 0.1) is 12.6 Å². The molecule has 9 heteroatoms. The lowest BCUT2D eigenvalue weighted by atomic mass is 10.2. The molecule has 0 aliphatic carbocycles. The Labute approximate surface area is 137 Å². The minimum absolute atomic E-state index is 0.0209. The largest absolute Gasteiger partial charge is 0.369 e. The third kappa shape index (κ3) is 2.70. The van der Waals surface area contributed by atoms with Crippen LogP contribution in [0.5, 0.6) is 0 Å². The van der Waals surface area contributed by atoms with Crippen molar-refractivity contribution in [3.63, 3.8) is 0 Å². The van der Waals surface area contributed by atoms with Gasteiger partial charge in [-0.15, -0.1) is 6.42 Å². The second-order valence-corrected chi connectivity index (χ2v) is 5.75. The molecule has 0 saturated carbocycles. The Kier molecular flexibility index (Phi) is 4.42. The van der Waals surface area contributed by atoms with E-state index in [4.69, 9.17) is 16.9 Å². The molecule has 1 unspecified atom stereocenters. The second-order valence-electron chi connectivity index (χ2n) is 5.75. The number of rotatable bonds is 5. The van der Waals surface area contributed by atoms with Crippen molar-refractivity contribution < 1.29 is 4.74 Å². The quantitative estimate of drug-likeness (QED) is 0.628. The van der Waals surface area contributed by atoms with Crippen molar-refractivity contribution in [1.29, 1.82) is 0 Å². The highest BCUT2D eigenvalue weighted by atomic mass is 16.5. The summed E-state index contributed by atoms with van der Waals surface area (Å²) in [5.74, 6) is 2.34. The molecule has 1 aliphatic heterocycles. The minimum atomic E-state index is -0.492. The molecular formula is C15H20N6O3. The number of fused-ring (bicyclic) bond motifs is 1. The fraction of sp³-hybridized carbons (Fsp3) is 0.533. The molecule has 2 aromatic heterocycles. The summed E-state index contributed by atoms with van der Waals surface area (Å²) in [6.45, 7) is 0.808. The number of hydrogen-bond donors (Lipinski definition) is 3. The summed E-state index contributed by atoms with van der Waals surface area (Å²) in [5, 5.41) is 3.08. The second kappa shape index (κ2) is 6.51. The van der Waals surface area contributed by atoms with Gasteiger partial charge in [-0.3, -0.25) is 14.3 Å². The summed E-state index contributed by atoms with van der Waals surface area (Å²) in [6.07, 6.45) is 7.25. The number of nitrogens with two attached hydrogens (primary N) is 1. The molecule has 0 aromatic carbocycles. The van der Waals surface area contributed by atoms with E-state index in [1.165, 1.54) is 9.13 Å². The first-order valence-electron chi connectivity index (χ1n) is 7.80. The van der Waals surface area contributed by atoms with Gasteiger partial charge < -0.3 is 15.8 Å². The van der Waals surface area contributed by atoms with E-state index in [1.54, 1.807) is 0 Å². The molecule has 1 saturated heterocycles. The Bertz CT molecular complexity index is 903. The van der Waals surface area contributed by atoms with Crippen molar-refractivity contribution in [2.24, 2.45) is 0 Å². The number of ether oxygens (including phenoxy) is 1. The van der Waals surface area contributed by atoms with Gasteiger partial charge >= 0.3 is 5.69 Å². The van der Waals surface area contributed by atoms with Crippen LogP contribution in [0.15, 0.2) is 9.59 Å². The van der Waals surface area contributed by atoms with Gasteiger partial charge in [0.25, 0.3) is 5.56 Å². The molecule has 0 amide bonds. The van der Waals surface area contributed by atoms with E-state index in [2.05, 4.69) is 21.2 Å². The van der Waals surface area contributed by atoms with E-state index in [0.29, 0.717) is 6.42 Å². The third-order valence-electron chi connectivity index (χ3n) is 4.17. The maximum atomic E-state index is 12.8. The van der Waals surface area contributed by atoms with E-state index in [1.807, 2.05) is 7.05 Å². The van der Waals surface area contributed by atoms with E-state index in [9.17, 15) is 9.59 Å². The van der Waals surface area contributed by atoms with Gasteiger partial charge in [-0.05, 0) is 32.9 Å². The fourth-order valence-corrected chi connectivity index (χ4v) is 3.09. The van der Waals surface area contributed by atoms with Crippen LogP contribution in [0.3, 0.4) is 0 Å². The predicted octanol–water partition coefficient (Wildman–Crippen LogP) is -0.611. The molecule has 0 bridgehead atoms. The molecular weight excluding hydrogens is 312 g/mol. The molecule has 24 heavy (non-hydrogen) atoms. The van der Waals surface area contributed by atoms with Crippen LogP contribution in [0, 0.1) is 12.3 Å². The number of nitrogens with one attached hydrogen (secondary N) is 2. The first-order valence-corrected chi connectivity index (χ1v) is 7.80. The average Bonchev–Trinajstić information content (AvgIpc) is 3.09. The molecule has 3 heterocycles. The van der Waals surface area contributed by atoms with Crippen LogP contribution in [0.4, 0.5) is 5.95 Å². The van der Waals surface area contributed by atoms with Crippen LogP contribution < -0.4 is 22.3 Å². The number of imidazole rings is 1. The van der Waals surface area contributed by atoms with Crippen molar-refractivity contribution in [3.05, 3.63) is 20.8 Å². The highest BCUT2D eigenvalue weighted by Crippen LogP contribution is 2.30. The Morgan fingerprint density at radius 3 is 3.00 bits per heavy atom. The van der Waals surface area contributed by atoms with Gasteiger partial charge in [0.2, 0.25) is 5.95 Å². The molecule has 2 aromatic rings. The molecule has 2 atom stereocenters. The number of H-pyrrole nitrogens is 1. The molecule has 128 valence electrons. The van der Waals surface area contributed by atoms with Crippen LogP contribution >= 0.6 is 0 Å². The third-order valence-corrected chi connectivity index (χ3v) is 4.17. The molecule has 0 radical (unpaired) electrons. The maximum Gasteiger partial charge on any atom is 0.333 e. The first-order chi connectivity index (χ1) is 11.6. The summed E-state index contributed by atoms with van der Waals surface area (Å²) < 4.78 is 8.59. The van der Waals surface area contributed by atoms with E-state index >= 15 is 0 Å². The number of nitrogens with zero attached hydrogens (tertiary/aromatic N) is 3. The van der Waals surface area contributed by atoms with E-state index in [-0.39, 0.29) is 29.8 Å². The van der Waals surface area contributed by atoms with Gasteiger partial charge in [-0.1, -0.05) is 5.92 Å². The number of anilines is 1. The average molecular weight is 332 g/mol. The van der Waals surface area contributed by atoms with Gasteiger partial charge in [0.15, 0.2) is 11.2 Å². The summed E-state index contributed by atoms with van der Waals surface area (Å²) in [6, 6.07) is 0. The molecule has 3 rings (SSSR count). The fourth-order valence-electron chi connectivity index (χ4n) is 3.09. The Morgan fingerprint density at radius 1 is 1.50 bits per heavy atom. The van der Waals surface area contributed by atoms with Gasteiger partial charge in [0, 0.05) is 0 Å². The van der Waals surface area contributed by atoms with Crippen LogP contribution in [-0.2, 0) is 11.3 Å². The number of aromatic nitrogens is 4. The standard InChI is InChI=1S/C15H20N6O3/c1-3-8-20-11-12(18-14(16)19-13(11)22)21(15(20)23)10-5-4-9(24-10)6-7-17-2/h1,9-10,17H,4-8H2,2H3,(H3,16,18,19,22)/t9?,10-/m1/s1. The van der Waals surface area contributed by atoms with Crippen molar-refractivity contribution >= 4 is 17.1 Å². The highest BCUT2D eigenvalue weighted by molar-refractivity contribution is 5.71. The lowest BCUT2D eigenvalue weighted by molar-refractivity contribution is -0.000917. The lowest BCUT2D eigenvalue weighted by Crippen LogP contribution is -2.28. The summed E-state index contributed by atoms with van der Waals surface area (Å²) >= 11 is 0. The van der Waals surface area contributed by atoms with Gasteiger partial charge in [0.1, 0.15) is 6.23 Å². The first kappa shape index (κ1) is 16.3. The monoisotopic (exact) mass is 332 g/mol. The SMILES string of the molecule is C#CCn1c(=O)n([C@H]2CCC(CCNC)O2)c2nc(N)[nH]c(=O)c21. The molecule has 4 N–H and O–H groups in total. The number of nitrogen functional groups attached to an aromatic ring is 1. The Hall–Kier alpha value is -2.57. The van der Waals surface area contributed by atoms with Crippen molar-refractivity contribution in [1.82, 2.24) is 24.4 Å². The lowest BCUT2D eigenvalue weighted by Gasteiger charge is -2.14. The van der Waals surface area contributed by atoms with Crippen LogP contribution in [0.2, 0.25) is 0 Å². The van der Waals surface area contributed by atoms with Crippen LogP contribution in [0.1, 0.15) is 25.5 Å². The van der Waals surface area contributed by atoms with Crippen LogP contribution in [0.25, 0.3) is 11.2 Å². The van der Waals surface area contributed by atoms with E-state index < -0.39 is 17.5 Å².